The Labute approximate surface area is 201 Å². The van der Waals surface area contributed by atoms with E-state index in [9.17, 15) is 9.59 Å². The molecule has 0 spiro atoms. The van der Waals surface area contributed by atoms with Gasteiger partial charge in [0.1, 0.15) is 10.6 Å². The number of methoxy groups -OCH3 is 1. The minimum Gasteiger partial charge on any atom is -0.465 e. The summed E-state index contributed by atoms with van der Waals surface area (Å²) < 4.78 is 4.98. The second-order valence-electron chi connectivity index (χ2n) is 7.75. The molecule has 1 fully saturated rings. The average Bonchev–Trinajstić information content (AvgIpc) is 3.24. The van der Waals surface area contributed by atoms with Crippen LogP contribution < -0.4 is 5.32 Å². The van der Waals surface area contributed by atoms with E-state index in [-0.39, 0.29) is 12.5 Å². The number of hydrogen-bond donors (Lipinski definition) is 1. The molecule has 1 saturated heterocycles. The molecule has 0 bridgehead atoms. The second kappa shape index (κ2) is 10.9. The van der Waals surface area contributed by atoms with Gasteiger partial charge in [-0.25, -0.2) is 4.79 Å². The Balaban J connectivity index is 1.38. The van der Waals surface area contributed by atoms with Crippen molar-refractivity contribution in [2.45, 2.75) is 6.54 Å². The van der Waals surface area contributed by atoms with E-state index in [0.717, 1.165) is 44.0 Å². The van der Waals surface area contributed by atoms with Crippen molar-refractivity contribution in [3.63, 3.8) is 0 Å². The summed E-state index contributed by atoms with van der Waals surface area (Å²) in [5.41, 5.74) is 2.74. The number of pyridine rings is 1. The number of piperazine rings is 1. The summed E-state index contributed by atoms with van der Waals surface area (Å²) in [4.78, 5) is 34.1. The lowest BCUT2D eigenvalue weighted by Crippen LogP contribution is -2.48. The van der Waals surface area contributed by atoms with Gasteiger partial charge in [0, 0.05) is 60.5 Å². The quantitative estimate of drug-likeness (QED) is 0.511. The van der Waals surface area contributed by atoms with Crippen LogP contribution in [0.1, 0.15) is 16.1 Å². The van der Waals surface area contributed by atoms with Crippen molar-refractivity contribution in [1.82, 2.24) is 14.8 Å². The fourth-order valence-electron chi connectivity index (χ4n) is 3.83. The molecule has 0 unspecified atom stereocenters. The summed E-state index contributed by atoms with van der Waals surface area (Å²) in [6.45, 7) is 4.39. The maximum Gasteiger partial charge on any atom is 0.341 e. The predicted octanol–water partition coefficient (Wildman–Crippen LogP) is 4.01. The van der Waals surface area contributed by atoms with Gasteiger partial charge in [-0.2, -0.15) is 0 Å². The summed E-state index contributed by atoms with van der Waals surface area (Å²) >= 11 is 7.63. The van der Waals surface area contributed by atoms with Crippen LogP contribution in [0.4, 0.5) is 5.00 Å². The van der Waals surface area contributed by atoms with Gasteiger partial charge < -0.3 is 10.1 Å². The van der Waals surface area contributed by atoms with Gasteiger partial charge in [0.15, 0.2) is 0 Å². The van der Waals surface area contributed by atoms with Crippen molar-refractivity contribution in [2.24, 2.45) is 0 Å². The van der Waals surface area contributed by atoms with E-state index in [1.807, 2.05) is 41.8 Å². The summed E-state index contributed by atoms with van der Waals surface area (Å²) in [5, 5.41) is 5.72. The zero-order valence-electron chi connectivity index (χ0n) is 18.3. The largest absolute Gasteiger partial charge is 0.465 e. The highest BCUT2D eigenvalue weighted by Crippen LogP contribution is 2.39. The van der Waals surface area contributed by atoms with Crippen LogP contribution in [0.25, 0.3) is 11.1 Å². The lowest BCUT2D eigenvalue weighted by molar-refractivity contribution is -0.117. The van der Waals surface area contributed by atoms with Crippen LogP contribution in [0, 0.1) is 0 Å². The first-order valence-corrected chi connectivity index (χ1v) is 11.9. The highest BCUT2D eigenvalue weighted by molar-refractivity contribution is 7.15. The zero-order chi connectivity index (χ0) is 23.2. The van der Waals surface area contributed by atoms with Crippen LogP contribution in [0.2, 0.25) is 5.02 Å². The molecule has 0 aliphatic carbocycles. The number of amides is 1. The smallest absolute Gasteiger partial charge is 0.341 e. The third kappa shape index (κ3) is 5.78. The molecule has 0 radical (unpaired) electrons. The fourth-order valence-corrected chi connectivity index (χ4v) is 5.03. The number of nitrogens with zero attached hydrogens (tertiary/aromatic N) is 3. The maximum atomic E-state index is 12.8. The summed E-state index contributed by atoms with van der Waals surface area (Å²) in [6.07, 6.45) is 1.81. The number of aromatic nitrogens is 1. The van der Waals surface area contributed by atoms with Gasteiger partial charge in [0.2, 0.25) is 5.91 Å². The Bertz CT molecular complexity index is 1110. The van der Waals surface area contributed by atoms with E-state index >= 15 is 0 Å². The van der Waals surface area contributed by atoms with Crippen LogP contribution in [0.3, 0.4) is 0 Å². The van der Waals surface area contributed by atoms with E-state index in [0.29, 0.717) is 21.2 Å². The Kier molecular flexibility index (Phi) is 7.72. The number of benzene rings is 1. The lowest BCUT2D eigenvalue weighted by Gasteiger charge is -2.34. The van der Waals surface area contributed by atoms with E-state index in [1.165, 1.54) is 18.4 Å². The van der Waals surface area contributed by atoms with Gasteiger partial charge >= 0.3 is 5.97 Å². The Morgan fingerprint density at radius 2 is 1.79 bits per heavy atom. The topological polar surface area (TPSA) is 74.8 Å². The van der Waals surface area contributed by atoms with E-state index in [1.54, 1.807) is 12.3 Å². The molecule has 2 aromatic heterocycles. The van der Waals surface area contributed by atoms with Gasteiger partial charge in [-0.3, -0.25) is 19.6 Å². The van der Waals surface area contributed by atoms with E-state index < -0.39 is 5.97 Å². The van der Waals surface area contributed by atoms with Crippen molar-refractivity contribution < 1.29 is 14.3 Å². The Morgan fingerprint density at radius 3 is 2.48 bits per heavy atom. The van der Waals surface area contributed by atoms with Crippen molar-refractivity contribution in [3.8, 4) is 11.1 Å². The minimum absolute atomic E-state index is 0.161. The fraction of sp³-hybridized carbons (Fsp3) is 0.292. The number of anilines is 1. The number of halogens is 1. The number of nitrogens with one attached hydrogen (secondary N) is 1. The highest BCUT2D eigenvalue weighted by Gasteiger charge is 2.25. The van der Waals surface area contributed by atoms with Gasteiger partial charge in [0.05, 0.1) is 19.3 Å². The molecular weight excluding hydrogens is 460 g/mol. The summed E-state index contributed by atoms with van der Waals surface area (Å²) in [5.74, 6) is -0.671. The Morgan fingerprint density at radius 1 is 1.06 bits per heavy atom. The molecule has 172 valence electrons. The molecule has 9 heteroatoms. The predicted molar refractivity (Wildman–Crippen MR) is 131 cm³/mol. The molecule has 33 heavy (non-hydrogen) atoms. The summed E-state index contributed by atoms with van der Waals surface area (Å²) in [7, 11) is 1.33. The van der Waals surface area contributed by atoms with Gasteiger partial charge in [0.25, 0.3) is 0 Å². The number of esters is 1. The normalized spacial score (nSPS) is 14.7. The van der Waals surface area contributed by atoms with Gasteiger partial charge in [-0.15, -0.1) is 11.3 Å². The first-order chi connectivity index (χ1) is 16.0. The first kappa shape index (κ1) is 23.4. The van der Waals surface area contributed by atoms with Crippen molar-refractivity contribution >= 4 is 39.8 Å². The second-order valence-corrected chi connectivity index (χ2v) is 9.03. The standard InChI is InChI=1S/C24H25ClN4O3S/c1-32-24(31)22-19(18-7-2-3-8-20(18)25)16-33-23(22)27-21(30)15-29-12-10-28(11-13-29)14-17-6-4-5-9-26-17/h2-9,16H,10-15H2,1H3,(H,27,30). The monoisotopic (exact) mass is 484 g/mol. The molecule has 0 saturated carbocycles. The van der Waals surface area contributed by atoms with Crippen molar-refractivity contribution in [2.75, 3.05) is 45.2 Å². The molecule has 3 aromatic rings. The highest BCUT2D eigenvalue weighted by atomic mass is 35.5. The molecule has 3 heterocycles. The number of ether oxygens (including phenoxy) is 1. The Hall–Kier alpha value is -2.78. The van der Waals surface area contributed by atoms with E-state index in [4.69, 9.17) is 16.3 Å². The van der Waals surface area contributed by atoms with Gasteiger partial charge in [-0.05, 0) is 18.2 Å². The molecule has 1 aliphatic heterocycles. The summed E-state index contributed by atoms with van der Waals surface area (Å²) in [6, 6.07) is 13.2. The first-order valence-electron chi connectivity index (χ1n) is 10.6. The maximum absolute atomic E-state index is 12.8. The van der Waals surface area contributed by atoms with Crippen molar-refractivity contribution in [3.05, 3.63) is 70.3 Å². The average molecular weight is 485 g/mol. The molecule has 0 atom stereocenters. The van der Waals surface area contributed by atoms with Crippen LogP contribution in [0.15, 0.2) is 54.0 Å². The third-order valence-electron chi connectivity index (χ3n) is 5.54. The molecule has 1 aromatic carbocycles. The SMILES string of the molecule is COC(=O)c1c(-c2ccccc2Cl)csc1NC(=O)CN1CCN(Cc2ccccn2)CC1. The van der Waals surface area contributed by atoms with Crippen LogP contribution in [0.5, 0.6) is 0 Å². The van der Waals surface area contributed by atoms with Gasteiger partial charge in [-0.1, -0.05) is 35.9 Å². The molecule has 1 aliphatic rings. The number of hydrogen-bond acceptors (Lipinski definition) is 7. The lowest BCUT2D eigenvalue weighted by atomic mass is 10.0. The number of thiophene rings is 1. The third-order valence-corrected chi connectivity index (χ3v) is 6.77. The van der Waals surface area contributed by atoms with Crippen molar-refractivity contribution in [1.29, 1.82) is 0 Å². The molecule has 4 rings (SSSR count). The molecule has 1 amide bonds. The van der Waals surface area contributed by atoms with E-state index in [2.05, 4.69) is 20.1 Å². The van der Waals surface area contributed by atoms with Crippen LogP contribution >= 0.6 is 22.9 Å². The molecule has 1 N–H and O–H groups in total. The van der Waals surface area contributed by atoms with Crippen LogP contribution in [-0.2, 0) is 16.1 Å². The zero-order valence-corrected chi connectivity index (χ0v) is 19.9. The number of carbonyl (C=O) groups is 2. The molecular formula is C24H25ClN4O3S. The number of carbonyl (C=O) groups excluding carboxylic acids is 2. The minimum atomic E-state index is -0.510. The van der Waals surface area contributed by atoms with Crippen LogP contribution in [-0.4, -0.2) is 66.5 Å². The molecule has 7 nitrogen and oxygen atoms in total. The number of rotatable bonds is 7.